The van der Waals surface area contributed by atoms with Crippen molar-refractivity contribution in [1.29, 1.82) is 0 Å². The van der Waals surface area contributed by atoms with Crippen LogP contribution in [0, 0.1) is 0 Å². The first-order valence-electron chi connectivity index (χ1n) is 1.17. The quantitative estimate of drug-likeness (QED) is 0.636. The van der Waals surface area contributed by atoms with E-state index in [2.05, 4.69) is 0 Å². The molecule has 44 valence electrons. The summed E-state index contributed by atoms with van der Waals surface area (Å²) in [6.07, 6.45) is 0. The van der Waals surface area contributed by atoms with E-state index < -0.39 is 30.8 Å². The van der Waals surface area contributed by atoms with Crippen molar-refractivity contribution in [2.24, 2.45) is 0 Å². The van der Waals surface area contributed by atoms with Crippen LogP contribution in [-0.4, -0.2) is 37.6 Å². The summed E-state index contributed by atoms with van der Waals surface area (Å²) in [5.74, 6) is 0. The Morgan fingerprint density at radius 3 is 1.57 bits per heavy atom. The molecule has 0 saturated heterocycles. The molecule has 0 aromatic heterocycles. The maximum atomic E-state index is 10.8. The molecule has 0 aliphatic heterocycles. The van der Waals surface area contributed by atoms with Crippen LogP contribution in [0.25, 0.3) is 0 Å². The number of hydrogen-bond acceptors (Lipinski definition) is 1. The molecule has 0 unspecified atom stereocenters. The number of rotatable bonds is 2. The van der Waals surface area contributed by atoms with Crippen LogP contribution in [0.4, 0.5) is 7.10 Å². The van der Waals surface area contributed by atoms with Gasteiger partial charge in [-0.1, -0.05) is 0 Å². The third kappa shape index (κ3) is 20.8. The van der Waals surface area contributed by atoms with Crippen molar-refractivity contribution in [3.8, 4) is 0 Å². The molecule has 0 heterocycles. The number of hydrogen-bond donors (Lipinski definition) is 0. The predicted molar refractivity (Wildman–Crippen MR) is 25.7 cm³/mol. The molecular weight excluding hydrogens is 236 g/mol. The van der Waals surface area contributed by atoms with E-state index in [9.17, 15) is 7.10 Å². The summed E-state index contributed by atoms with van der Waals surface area (Å²) >= 11 is -1.84. The molecular formula is C2H4F2OSe2. The van der Waals surface area contributed by atoms with Gasteiger partial charge in [0.25, 0.3) is 0 Å². The van der Waals surface area contributed by atoms with Crippen molar-refractivity contribution in [3.05, 3.63) is 0 Å². The average Bonchev–Trinajstić information content (AvgIpc) is 1.75. The molecule has 1 nitrogen and oxygen atoms in total. The van der Waals surface area contributed by atoms with Gasteiger partial charge >= 0.3 is 42.1 Å². The van der Waals surface area contributed by atoms with Gasteiger partial charge in [0.2, 0.25) is 0 Å². The molecule has 0 bridgehead atoms. The summed E-state index contributed by atoms with van der Waals surface area (Å²) in [5, 5.41) is 0. The van der Waals surface area contributed by atoms with Crippen LogP contribution in [-0.2, 0) is 4.79 Å². The summed E-state index contributed by atoms with van der Waals surface area (Å²) in [4.78, 5) is 8.00. The fraction of sp³-hybridized carbons (Fsp3) is 0.500. The fourth-order valence-corrected chi connectivity index (χ4v) is 0.455. The van der Waals surface area contributed by atoms with Gasteiger partial charge in [-0.2, -0.15) is 0 Å². The van der Waals surface area contributed by atoms with E-state index >= 15 is 0 Å². The summed E-state index contributed by atoms with van der Waals surface area (Å²) in [5.41, 5.74) is 0. The second-order valence-corrected chi connectivity index (χ2v) is 4.32. The van der Waals surface area contributed by atoms with Crippen molar-refractivity contribution in [1.82, 2.24) is 0 Å². The van der Waals surface area contributed by atoms with Crippen LogP contribution < -0.4 is 0 Å². The maximum absolute atomic E-state index is 10.8. The standard InChI is InChI=1S/CH2F2Se2.CH2O/c2-4-1-5-3;1-2/h1H2;1H2. The average molecular weight is 240 g/mol. The van der Waals surface area contributed by atoms with Crippen molar-refractivity contribution in [3.63, 3.8) is 0 Å². The molecule has 5 heteroatoms. The Labute approximate surface area is 54.1 Å². The number of carbonyl (C=O) groups excluding carboxylic acids is 1. The third-order valence-electron chi connectivity index (χ3n) is 0.0891. The van der Waals surface area contributed by atoms with Crippen LogP contribution in [0.15, 0.2) is 0 Å². The number of halogens is 2. The Balaban J connectivity index is 0. The minimum absolute atomic E-state index is 0.181. The molecule has 0 aliphatic carbocycles. The summed E-state index contributed by atoms with van der Waals surface area (Å²) in [6, 6.07) is 0. The SMILES string of the molecule is C=O.F[Se]C[Se]F. The van der Waals surface area contributed by atoms with E-state index in [1.165, 1.54) is 0 Å². The van der Waals surface area contributed by atoms with Gasteiger partial charge in [-0.05, 0) is 0 Å². The normalized spacial score (nSPS) is 6.57. The van der Waals surface area contributed by atoms with E-state index in [0.29, 0.717) is 0 Å². The summed E-state index contributed by atoms with van der Waals surface area (Å²) < 4.78 is 21.8. The summed E-state index contributed by atoms with van der Waals surface area (Å²) in [7, 11) is 0. The first-order chi connectivity index (χ1) is 3.41. The molecule has 0 rings (SSSR count). The Hall–Kier alpha value is 0.569. The molecule has 7 heavy (non-hydrogen) atoms. The predicted octanol–water partition coefficient (Wildman–Crippen LogP) is 0.355. The zero-order valence-corrected chi connectivity index (χ0v) is 6.82. The molecule has 0 spiro atoms. The second kappa shape index (κ2) is 16.0. The van der Waals surface area contributed by atoms with E-state index in [1.807, 2.05) is 6.79 Å². The van der Waals surface area contributed by atoms with Crippen LogP contribution in [0.5, 0.6) is 0 Å². The van der Waals surface area contributed by atoms with Gasteiger partial charge in [0.05, 0.1) is 0 Å². The Morgan fingerprint density at radius 2 is 1.57 bits per heavy atom. The first-order valence-corrected chi connectivity index (χ1v) is 4.89. The molecule has 0 fully saturated rings. The summed E-state index contributed by atoms with van der Waals surface area (Å²) in [6.45, 7) is 2.00. The van der Waals surface area contributed by atoms with Crippen LogP contribution in [0.3, 0.4) is 0 Å². The van der Waals surface area contributed by atoms with Gasteiger partial charge in [0.15, 0.2) is 0 Å². The molecule has 0 radical (unpaired) electrons. The van der Waals surface area contributed by atoms with E-state index in [1.54, 1.807) is 0 Å². The van der Waals surface area contributed by atoms with Gasteiger partial charge in [-0.25, -0.2) is 0 Å². The second-order valence-electron chi connectivity index (χ2n) is 0.336. The van der Waals surface area contributed by atoms with Crippen molar-refractivity contribution >= 4 is 37.6 Å². The first kappa shape index (κ1) is 10.5. The van der Waals surface area contributed by atoms with Crippen LogP contribution in [0.1, 0.15) is 0 Å². The minimum atomic E-state index is -0.922. The van der Waals surface area contributed by atoms with Gasteiger partial charge in [-0.3, -0.25) is 0 Å². The molecule has 0 atom stereocenters. The molecule has 0 amide bonds. The molecule has 0 aromatic carbocycles. The van der Waals surface area contributed by atoms with E-state index in [-0.39, 0.29) is 4.22 Å². The third-order valence-corrected chi connectivity index (χ3v) is 2.41. The number of carbonyl (C=O) groups is 1. The van der Waals surface area contributed by atoms with Gasteiger partial charge < -0.3 is 4.79 Å². The van der Waals surface area contributed by atoms with Crippen LogP contribution in [0.2, 0.25) is 4.22 Å². The molecule has 0 saturated carbocycles. The van der Waals surface area contributed by atoms with Crippen molar-refractivity contribution < 1.29 is 11.9 Å². The Bertz CT molecular complexity index is 27.7. The van der Waals surface area contributed by atoms with Gasteiger partial charge in [0, 0.05) is 0 Å². The van der Waals surface area contributed by atoms with E-state index in [4.69, 9.17) is 4.79 Å². The zero-order chi connectivity index (χ0) is 6.12. The molecule has 0 aromatic rings. The zero-order valence-electron chi connectivity index (χ0n) is 3.39. The van der Waals surface area contributed by atoms with E-state index in [0.717, 1.165) is 0 Å². The van der Waals surface area contributed by atoms with Crippen LogP contribution >= 0.6 is 0 Å². The Kier molecular flexibility index (Phi) is 24.1. The van der Waals surface area contributed by atoms with Gasteiger partial charge in [-0.15, -0.1) is 0 Å². The molecule has 0 aliphatic rings. The fourth-order valence-electron chi connectivity index (χ4n) is 0.0168. The van der Waals surface area contributed by atoms with Crippen molar-refractivity contribution in [2.45, 2.75) is 4.22 Å². The van der Waals surface area contributed by atoms with Gasteiger partial charge in [0.1, 0.15) is 6.79 Å². The Morgan fingerprint density at radius 1 is 1.29 bits per heavy atom. The topological polar surface area (TPSA) is 17.1 Å². The molecule has 0 N–H and O–H groups in total. The van der Waals surface area contributed by atoms with Crippen molar-refractivity contribution in [2.75, 3.05) is 0 Å². The monoisotopic (exact) mass is 242 g/mol.